The van der Waals surface area contributed by atoms with Gasteiger partial charge in [0.15, 0.2) is 0 Å². The second-order valence-corrected chi connectivity index (χ2v) is 9.34. The van der Waals surface area contributed by atoms with E-state index in [1.54, 1.807) is 0 Å². The molecule has 0 heterocycles. The fraction of sp³-hybridized carbons (Fsp3) is 0. The number of para-hydroxylation sites is 1. The fourth-order valence-electron chi connectivity index (χ4n) is 4.88. The van der Waals surface area contributed by atoms with Crippen molar-refractivity contribution in [2.75, 3.05) is 4.90 Å². The minimum Gasteiger partial charge on any atom is -0.310 e. The largest absolute Gasteiger partial charge is 0.310 e. The summed E-state index contributed by atoms with van der Waals surface area (Å²) >= 11 is 0. The number of nitrogens with zero attached hydrogens (tertiary/aromatic N) is 1. The molecule has 0 unspecified atom stereocenters. The molecular weight excluding hydrogens is 457 g/mol. The number of rotatable bonds is 6. The standard InChI is InChI=1S/C36H26BN/c37-33-16-8-14-31(25-33)32-15-9-19-36(26-32)38(34-17-5-2-6-18-34)35-22-20-28(21-23-35)30-13-7-12-29(24-30)27-10-3-1-4-11-27/h1-26H. The molecule has 1 nitrogen and oxygen atoms in total. The molecular formula is C36H26BN. The van der Waals surface area contributed by atoms with E-state index in [0.717, 1.165) is 33.7 Å². The molecule has 0 fully saturated rings. The Morgan fingerprint density at radius 3 is 1.42 bits per heavy atom. The van der Waals surface area contributed by atoms with E-state index in [1.807, 2.05) is 24.3 Å². The van der Waals surface area contributed by atoms with Crippen LogP contribution in [0.5, 0.6) is 0 Å². The Balaban J connectivity index is 1.38. The van der Waals surface area contributed by atoms with Gasteiger partial charge in [-0.1, -0.05) is 121 Å². The molecule has 2 radical (unpaired) electrons. The molecule has 6 aromatic rings. The highest BCUT2D eigenvalue weighted by molar-refractivity contribution is 6.32. The lowest BCUT2D eigenvalue weighted by atomic mass is 9.92. The van der Waals surface area contributed by atoms with Gasteiger partial charge >= 0.3 is 0 Å². The van der Waals surface area contributed by atoms with Gasteiger partial charge in [0.2, 0.25) is 0 Å². The molecule has 6 aromatic carbocycles. The van der Waals surface area contributed by atoms with E-state index in [9.17, 15) is 0 Å². The SMILES string of the molecule is [B]c1cccc(-c2cccc(N(c3ccccc3)c3ccc(-c4cccc(-c5ccccc5)c4)cc3)c2)c1. The van der Waals surface area contributed by atoms with Crippen molar-refractivity contribution in [3.05, 3.63) is 158 Å². The van der Waals surface area contributed by atoms with Gasteiger partial charge in [-0.25, -0.2) is 0 Å². The van der Waals surface area contributed by atoms with Crippen molar-refractivity contribution < 1.29 is 0 Å². The van der Waals surface area contributed by atoms with E-state index in [-0.39, 0.29) is 0 Å². The highest BCUT2D eigenvalue weighted by atomic mass is 15.1. The molecule has 0 N–H and O–H groups in total. The fourth-order valence-corrected chi connectivity index (χ4v) is 4.88. The number of hydrogen-bond donors (Lipinski definition) is 0. The Hall–Kier alpha value is -4.82. The van der Waals surface area contributed by atoms with Gasteiger partial charge < -0.3 is 4.90 Å². The first kappa shape index (κ1) is 23.6. The molecule has 0 aromatic heterocycles. The second-order valence-electron chi connectivity index (χ2n) is 9.34. The summed E-state index contributed by atoms with van der Waals surface area (Å²) in [5, 5.41) is 0. The normalized spacial score (nSPS) is 10.7. The van der Waals surface area contributed by atoms with Crippen molar-refractivity contribution in [2.45, 2.75) is 0 Å². The summed E-state index contributed by atoms with van der Waals surface area (Å²) in [4.78, 5) is 2.29. The van der Waals surface area contributed by atoms with Gasteiger partial charge in [0.05, 0.1) is 0 Å². The van der Waals surface area contributed by atoms with Gasteiger partial charge in [0.25, 0.3) is 0 Å². The minimum atomic E-state index is 0.764. The molecule has 0 saturated carbocycles. The second kappa shape index (κ2) is 10.7. The predicted molar refractivity (Wildman–Crippen MR) is 163 cm³/mol. The van der Waals surface area contributed by atoms with Gasteiger partial charge in [-0.3, -0.25) is 0 Å². The minimum absolute atomic E-state index is 0.764. The van der Waals surface area contributed by atoms with Crippen molar-refractivity contribution in [3.63, 3.8) is 0 Å². The highest BCUT2D eigenvalue weighted by Crippen LogP contribution is 2.37. The Bertz CT molecular complexity index is 1660. The monoisotopic (exact) mass is 483 g/mol. The third-order valence-corrected chi connectivity index (χ3v) is 6.77. The molecule has 38 heavy (non-hydrogen) atoms. The van der Waals surface area contributed by atoms with Crippen LogP contribution in [0.4, 0.5) is 17.1 Å². The van der Waals surface area contributed by atoms with Gasteiger partial charge in [0.1, 0.15) is 7.85 Å². The highest BCUT2D eigenvalue weighted by Gasteiger charge is 2.13. The number of hydrogen-bond acceptors (Lipinski definition) is 1. The lowest BCUT2D eigenvalue weighted by molar-refractivity contribution is 1.28. The predicted octanol–water partition coefficient (Wildman–Crippen LogP) is 8.95. The van der Waals surface area contributed by atoms with Crippen LogP contribution in [0.2, 0.25) is 0 Å². The number of anilines is 3. The van der Waals surface area contributed by atoms with Gasteiger partial charge in [-0.2, -0.15) is 0 Å². The quantitative estimate of drug-likeness (QED) is 0.214. The van der Waals surface area contributed by atoms with E-state index in [4.69, 9.17) is 7.85 Å². The molecule has 2 heteroatoms. The molecule has 0 aliphatic carbocycles. The Kier molecular flexibility index (Phi) is 6.61. The first-order valence-corrected chi connectivity index (χ1v) is 12.8. The molecule has 0 amide bonds. The lowest BCUT2D eigenvalue weighted by Crippen LogP contribution is -2.10. The van der Waals surface area contributed by atoms with Crippen LogP contribution in [0, 0.1) is 0 Å². The average Bonchev–Trinajstić information content (AvgIpc) is 2.99. The van der Waals surface area contributed by atoms with Crippen LogP contribution in [-0.4, -0.2) is 7.85 Å². The van der Waals surface area contributed by atoms with Crippen molar-refractivity contribution in [3.8, 4) is 33.4 Å². The van der Waals surface area contributed by atoms with Crippen molar-refractivity contribution in [2.24, 2.45) is 0 Å². The Morgan fingerprint density at radius 1 is 0.316 bits per heavy atom. The molecule has 6 rings (SSSR count). The molecule has 0 bridgehead atoms. The van der Waals surface area contributed by atoms with E-state index >= 15 is 0 Å². The van der Waals surface area contributed by atoms with E-state index in [0.29, 0.717) is 0 Å². The summed E-state index contributed by atoms with van der Waals surface area (Å²) in [7, 11) is 6.07. The van der Waals surface area contributed by atoms with Crippen molar-refractivity contribution >= 4 is 30.4 Å². The maximum absolute atomic E-state index is 6.07. The van der Waals surface area contributed by atoms with Crippen LogP contribution < -0.4 is 10.4 Å². The average molecular weight is 483 g/mol. The summed E-state index contributed by atoms with van der Waals surface area (Å²) in [6.07, 6.45) is 0. The molecule has 0 saturated heterocycles. The molecule has 178 valence electrons. The van der Waals surface area contributed by atoms with Crippen LogP contribution in [0.15, 0.2) is 158 Å². The molecule has 0 aliphatic heterocycles. The van der Waals surface area contributed by atoms with Gasteiger partial charge in [0, 0.05) is 17.1 Å². The van der Waals surface area contributed by atoms with E-state index < -0.39 is 0 Å². The van der Waals surface area contributed by atoms with E-state index in [1.165, 1.54) is 22.3 Å². The first-order valence-electron chi connectivity index (χ1n) is 12.8. The maximum Gasteiger partial charge on any atom is 0.113 e. The van der Waals surface area contributed by atoms with Crippen LogP contribution in [0.25, 0.3) is 33.4 Å². The third kappa shape index (κ3) is 5.03. The zero-order valence-electron chi connectivity index (χ0n) is 21.0. The Labute approximate surface area is 226 Å². The van der Waals surface area contributed by atoms with Crippen LogP contribution in [-0.2, 0) is 0 Å². The van der Waals surface area contributed by atoms with Crippen LogP contribution in [0.3, 0.4) is 0 Å². The van der Waals surface area contributed by atoms with Gasteiger partial charge in [-0.05, 0) is 75.8 Å². The topological polar surface area (TPSA) is 3.24 Å². The smallest absolute Gasteiger partial charge is 0.113 e. The summed E-state index contributed by atoms with van der Waals surface area (Å²) in [6, 6.07) is 55.2. The lowest BCUT2D eigenvalue weighted by Gasteiger charge is -2.26. The first-order chi connectivity index (χ1) is 18.7. The van der Waals surface area contributed by atoms with E-state index in [2.05, 4.69) is 138 Å². The van der Waals surface area contributed by atoms with Crippen molar-refractivity contribution in [1.82, 2.24) is 0 Å². The summed E-state index contributed by atoms with van der Waals surface area (Å²) < 4.78 is 0. The third-order valence-electron chi connectivity index (χ3n) is 6.77. The number of benzene rings is 6. The molecule has 0 spiro atoms. The maximum atomic E-state index is 6.07. The molecule has 0 aliphatic rings. The van der Waals surface area contributed by atoms with Crippen LogP contribution >= 0.6 is 0 Å². The summed E-state index contributed by atoms with van der Waals surface area (Å²) in [6.45, 7) is 0. The summed E-state index contributed by atoms with van der Waals surface area (Å²) in [5.74, 6) is 0. The van der Waals surface area contributed by atoms with Gasteiger partial charge in [-0.15, -0.1) is 0 Å². The zero-order chi connectivity index (χ0) is 25.7. The summed E-state index contributed by atoms with van der Waals surface area (Å²) in [5.41, 5.74) is 11.1. The molecule has 0 atom stereocenters. The van der Waals surface area contributed by atoms with Crippen molar-refractivity contribution in [1.29, 1.82) is 0 Å². The van der Waals surface area contributed by atoms with Crippen LogP contribution in [0.1, 0.15) is 0 Å². The zero-order valence-corrected chi connectivity index (χ0v) is 21.0. The Morgan fingerprint density at radius 2 is 0.763 bits per heavy atom.